The lowest BCUT2D eigenvalue weighted by Gasteiger charge is -2.15. The molecule has 0 radical (unpaired) electrons. The summed E-state index contributed by atoms with van der Waals surface area (Å²) in [4.78, 5) is 40.4. The average Bonchev–Trinajstić information content (AvgIpc) is 3.30. The van der Waals surface area contributed by atoms with E-state index < -0.39 is 22.3 Å². The van der Waals surface area contributed by atoms with Crippen LogP contribution in [0.1, 0.15) is 12.5 Å². The number of non-ortho nitro benzene ring substituents is 1. The number of nitro groups is 1. The highest BCUT2D eigenvalue weighted by Gasteiger charge is 2.21. The number of nitrogens with one attached hydrogen (secondary N) is 1. The molecule has 4 aromatic rings. The first kappa shape index (κ1) is 27.1. The quantitative estimate of drug-likeness (QED) is 0.173. The van der Waals surface area contributed by atoms with Gasteiger partial charge in [-0.15, -0.1) is 0 Å². The van der Waals surface area contributed by atoms with E-state index in [1.165, 1.54) is 35.4 Å². The molecule has 0 aliphatic rings. The number of aliphatic hydroxyl groups excluding tert-OH is 1. The van der Waals surface area contributed by atoms with E-state index in [1.807, 2.05) is 0 Å². The van der Waals surface area contributed by atoms with Crippen molar-refractivity contribution in [1.29, 1.82) is 0 Å². The largest absolute Gasteiger partial charge is 0.497 e. The summed E-state index contributed by atoms with van der Waals surface area (Å²) in [6.45, 7) is 1.49. The van der Waals surface area contributed by atoms with Gasteiger partial charge in [-0.2, -0.15) is 10.1 Å². The van der Waals surface area contributed by atoms with Gasteiger partial charge in [0.25, 0.3) is 11.2 Å². The van der Waals surface area contributed by atoms with Crippen molar-refractivity contribution in [2.75, 3.05) is 19.1 Å². The minimum absolute atomic E-state index is 0.0519. The molecule has 14 nitrogen and oxygen atoms in total. The Morgan fingerprint density at radius 3 is 2.36 bits per heavy atom. The van der Waals surface area contributed by atoms with E-state index in [4.69, 9.17) is 9.47 Å². The number of hydrazone groups is 1. The number of nitro benzene ring substituents is 1. The highest BCUT2D eigenvalue weighted by atomic mass is 16.6. The van der Waals surface area contributed by atoms with Crippen LogP contribution in [-0.2, 0) is 20.6 Å². The van der Waals surface area contributed by atoms with Gasteiger partial charge in [-0.25, -0.2) is 10.2 Å². The zero-order valence-corrected chi connectivity index (χ0v) is 21.7. The molecule has 0 bridgehead atoms. The second-order valence-corrected chi connectivity index (χ2v) is 8.68. The Balaban J connectivity index is 1.64. The topological polar surface area (TPSA) is 168 Å². The fraction of sp³-hybridized carbons (Fsp3) is 0.280. The zero-order chi connectivity index (χ0) is 28.3. The lowest BCUT2D eigenvalue weighted by molar-refractivity contribution is -0.384. The van der Waals surface area contributed by atoms with Gasteiger partial charge < -0.3 is 19.1 Å². The number of hydrogen-bond donors (Lipinski definition) is 2. The average molecular weight is 538 g/mol. The molecular weight excluding hydrogens is 510 g/mol. The first-order valence-electron chi connectivity index (χ1n) is 11.8. The van der Waals surface area contributed by atoms with Crippen LogP contribution in [0.2, 0.25) is 0 Å². The summed E-state index contributed by atoms with van der Waals surface area (Å²) >= 11 is 0. The van der Waals surface area contributed by atoms with E-state index in [9.17, 15) is 24.8 Å². The molecule has 0 amide bonds. The fourth-order valence-corrected chi connectivity index (χ4v) is 3.86. The van der Waals surface area contributed by atoms with Crippen molar-refractivity contribution in [3.05, 3.63) is 85.0 Å². The number of aromatic nitrogens is 4. The second-order valence-electron chi connectivity index (χ2n) is 8.68. The Kier molecular flexibility index (Phi) is 7.76. The number of aliphatic hydroxyl groups is 1. The van der Waals surface area contributed by atoms with Crippen LogP contribution >= 0.6 is 0 Å². The standard InChI is InChI=1S/C25H27N7O7/c1-15(16-5-7-17(8-6-16)32(36)37)27-28-24-26-22-21(23(34)30(3)25(35)29(22)2)31(24)13-18(33)14-39-20-11-9-19(38-4)10-12-20/h5-12,18,33H,13-14H2,1-4H3,(H,26,28). The van der Waals surface area contributed by atoms with Gasteiger partial charge in [-0.1, -0.05) is 0 Å². The summed E-state index contributed by atoms with van der Waals surface area (Å²) in [6, 6.07) is 12.7. The molecule has 2 N–H and O–H groups in total. The lowest BCUT2D eigenvalue weighted by Crippen LogP contribution is -2.38. The van der Waals surface area contributed by atoms with Gasteiger partial charge in [0.05, 0.1) is 24.3 Å². The SMILES string of the molecule is COc1ccc(OCC(O)Cn2c(NN=C(C)c3ccc([N+](=O)[O-])cc3)nc3c2c(=O)n(C)c(=O)n3C)cc1. The number of methoxy groups -OCH3 is 1. The maximum atomic E-state index is 13.0. The van der Waals surface area contributed by atoms with Crippen molar-refractivity contribution in [2.24, 2.45) is 19.2 Å². The van der Waals surface area contributed by atoms with E-state index in [2.05, 4.69) is 15.5 Å². The van der Waals surface area contributed by atoms with Crippen molar-refractivity contribution in [3.8, 4) is 11.5 Å². The second kappa shape index (κ2) is 11.2. The highest BCUT2D eigenvalue weighted by Crippen LogP contribution is 2.20. The number of anilines is 1. The first-order chi connectivity index (χ1) is 18.6. The molecule has 1 unspecified atom stereocenters. The van der Waals surface area contributed by atoms with Crippen molar-refractivity contribution in [1.82, 2.24) is 18.7 Å². The maximum absolute atomic E-state index is 13.0. The number of rotatable bonds is 10. The molecule has 0 aliphatic carbocycles. The molecule has 39 heavy (non-hydrogen) atoms. The molecule has 2 aromatic heterocycles. The minimum atomic E-state index is -1.06. The Morgan fingerprint density at radius 1 is 1.10 bits per heavy atom. The van der Waals surface area contributed by atoms with Crippen LogP contribution in [0.25, 0.3) is 11.2 Å². The molecule has 2 heterocycles. The smallest absolute Gasteiger partial charge is 0.332 e. The van der Waals surface area contributed by atoms with Gasteiger partial charge in [-0.05, 0) is 48.9 Å². The molecule has 1 atom stereocenters. The van der Waals surface area contributed by atoms with E-state index >= 15 is 0 Å². The fourth-order valence-electron chi connectivity index (χ4n) is 3.86. The molecule has 2 aromatic carbocycles. The number of aryl methyl sites for hydroxylation is 1. The number of imidazole rings is 1. The predicted octanol–water partition coefficient (Wildman–Crippen LogP) is 1.63. The number of benzene rings is 2. The molecule has 0 aliphatic heterocycles. The third-order valence-electron chi connectivity index (χ3n) is 6.06. The van der Waals surface area contributed by atoms with E-state index in [1.54, 1.807) is 50.4 Å². The Morgan fingerprint density at radius 2 is 1.74 bits per heavy atom. The maximum Gasteiger partial charge on any atom is 0.332 e. The molecule has 0 fully saturated rings. The molecule has 0 saturated heterocycles. The van der Waals surface area contributed by atoms with Crippen molar-refractivity contribution >= 4 is 28.5 Å². The molecule has 0 saturated carbocycles. The molecule has 0 spiro atoms. The van der Waals surface area contributed by atoms with Crippen LogP contribution in [0.15, 0.2) is 63.2 Å². The van der Waals surface area contributed by atoms with Crippen molar-refractivity contribution in [3.63, 3.8) is 0 Å². The molecular formula is C25H27N7O7. The number of fused-ring (bicyclic) bond motifs is 1. The van der Waals surface area contributed by atoms with Crippen molar-refractivity contribution in [2.45, 2.75) is 19.6 Å². The summed E-state index contributed by atoms with van der Waals surface area (Å²) in [6.07, 6.45) is -1.06. The Hall–Kier alpha value is -4.98. The van der Waals surface area contributed by atoms with Crippen LogP contribution in [0.5, 0.6) is 11.5 Å². The van der Waals surface area contributed by atoms with Crippen LogP contribution < -0.4 is 26.1 Å². The normalized spacial score (nSPS) is 12.4. The summed E-state index contributed by atoms with van der Waals surface area (Å²) in [5, 5.41) is 26.0. The van der Waals surface area contributed by atoms with E-state index in [0.717, 1.165) is 4.57 Å². The third kappa shape index (κ3) is 5.65. The Labute approximate surface area is 221 Å². The Bertz CT molecular complexity index is 1650. The predicted molar refractivity (Wildman–Crippen MR) is 144 cm³/mol. The van der Waals surface area contributed by atoms with E-state index in [0.29, 0.717) is 22.8 Å². The highest BCUT2D eigenvalue weighted by molar-refractivity contribution is 5.99. The monoisotopic (exact) mass is 537 g/mol. The van der Waals surface area contributed by atoms with Crippen LogP contribution in [-0.4, -0.2) is 54.2 Å². The first-order valence-corrected chi connectivity index (χ1v) is 11.8. The summed E-state index contributed by atoms with van der Waals surface area (Å²) < 4.78 is 14.4. The summed E-state index contributed by atoms with van der Waals surface area (Å²) in [5.74, 6) is 1.29. The third-order valence-corrected chi connectivity index (χ3v) is 6.06. The number of nitrogens with zero attached hydrogens (tertiary/aromatic N) is 6. The zero-order valence-electron chi connectivity index (χ0n) is 21.7. The van der Waals surface area contributed by atoms with Gasteiger partial charge in [0.2, 0.25) is 5.95 Å². The van der Waals surface area contributed by atoms with Gasteiger partial charge in [0, 0.05) is 26.2 Å². The van der Waals surface area contributed by atoms with Gasteiger partial charge in [0.1, 0.15) is 24.2 Å². The van der Waals surface area contributed by atoms with Crippen LogP contribution in [0.3, 0.4) is 0 Å². The van der Waals surface area contributed by atoms with Gasteiger partial charge >= 0.3 is 5.69 Å². The van der Waals surface area contributed by atoms with E-state index in [-0.39, 0.29) is 36.0 Å². The van der Waals surface area contributed by atoms with Crippen LogP contribution in [0, 0.1) is 10.1 Å². The van der Waals surface area contributed by atoms with Crippen molar-refractivity contribution < 1.29 is 19.5 Å². The number of hydrogen-bond acceptors (Lipinski definition) is 10. The van der Waals surface area contributed by atoms with Crippen LogP contribution in [0.4, 0.5) is 11.6 Å². The minimum Gasteiger partial charge on any atom is -0.497 e. The molecule has 4 rings (SSSR count). The summed E-state index contributed by atoms with van der Waals surface area (Å²) in [7, 11) is 4.40. The summed E-state index contributed by atoms with van der Waals surface area (Å²) in [5.41, 5.74) is 2.90. The molecule has 14 heteroatoms. The molecule has 204 valence electrons. The van der Waals surface area contributed by atoms with Gasteiger partial charge in [0.15, 0.2) is 11.2 Å². The van der Waals surface area contributed by atoms with Gasteiger partial charge in [-0.3, -0.25) is 24.0 Å². The lowest BCUT2D eigenvalue weighted by atomic mass is 10.1. The number of ether oxygens (including phenoxy) is 2.